The lowest BCUT2D eigenvalue weighted by Gasteiger charge is -2.07. The van der Waals surface area contributed by atoms with Crippen LogP contribution < -0.4 is 10.6 Å². The second kappa shape index (κ2) is 7.41. The van der Waals surface area contributed by atoms with Crippen molar-refractivity contribution >= 4 is 28.4 Å². The second-order valence-electron chi connectivity index (χ2n) is 5.48. The van der Waals surface area contributed by atoms with Crippen LogP contribution in [0.3, 0.4) is 0 Å². The predicted molar refractivity (Wildman–Crippen MR) is 92.5 cm³/mol. The third-order valence-electron chi connectivity index (χ3n) is 3.61. The molecule has 1 heterocycles. The van der Waals surface area contributed by atoms with Crippen LogP contribution in [0.25, 0.3) is 10.9 Å². The minimum absolute atomic E-state index is 0.0891. The van der Waals surface area contributed by atoms with Crippen molar-refractivity contribution in [1.82, 2.24) is 15.5 Å². The highest BCUT2D eigenvalue weighted by Crippen LogP contribution is 2.16. The van der Waals surface area contributed by atoms with E-state index in [9.17, 15) is 9.59 Å². The quantitative estimate of drug-likeness (QED) is 0.650. The lowest BCUT2D eigenvalue weighted by Crippen LogP contribution is -2.28. The van der Waals surface area contributed by atoms with E-state index in [1.165, 1.54) is 0 Å². The van der Waals surface area contributed by atoms with Gasteiger partial charge in [0.2, 0.25) is 11.8 Å². The Morgan fingerprint density at radius 2 is 1.88 bits per heavy atom. The summed E-state index contributed by atoms with van der Waals surface area (Å²) in [7, 11) is 0. The van der Waals surface area contributed by atoms with Gasteiger partial charge >= 0.3 is 0 Å². The van der Waals surface area contributed by atoms with Crippen LogP contribution in [-0.2, 0) is 16.0 Å². The zero-order valence-corrected chi connectivity index (χ0v) is 13.1. The first-order chi connectivity index (χ1) is 11.7. The molecule has 0 aliphatic heterocycles. The molecular formula is C18H18N4O2. The molecule has 0 bridgehead atoms. The molecule has 3 rings (SSSR count). The Kier molecular flexibility index (Phi) is 4.86. The number of aromatic nitrogens is 2. The highest BCUT2D eigenvalue weighted by atomic mass is 16.2. The summed E-state index contributed by atoms with van der Waals surface area (Å²) < 4.78 is 0. The summed E-state index contributed by atoms with van der Waals surface area (Å²) in [5, 5.41) is 13.3. The van der Waals surface area contributed by atoms with E-state index >= 15 is 0 Å². The van der Waals surface area contributed by atoms with Gasteiger partial charge in [-0.15, -0.1) is 0 Å². The molecule has 1 aromatic heterocycles. The van der Waals surface area contributed by atoms with Gasteiger partial charge in [-0.1, -0.05) is 30.3 Å². The number of hydrogen-bond acceptors (Lipinski definition) is 3. The number of amides is 2. The molecule has 0 aliphatic rings. The third-order valence-corrected chi connectivity index (χ3v) is 3.61. The molecule has 0 radical (unpaired) electrons. The predicted octanol–water partition coefficient (Wildman–Crippen LogP) is 2.25. The lowest BCUT2D eigenvalue weighted by atomic mass is 10.1. The summed E-state index contributed by atoms with van der Waals surface area (Å²) >= 11 is 0. The van der Waals surface area contributed by atoms with Gasteiger partial charge in [-0.3, -0.25) is 14.7 Å². The minimum atomic E-state index is -0.141. The van der Waals surface area contributed by atoms with Crippen molar-refractivity contribution in [2.24, 2.45) is 0 Å². The number of rotatable bonds is 6. The van der Waals surface area contributed by atoms with Gasteiger partial charge in [-0.2, -0.15) is 5.10 Å². The Hall–Kier alpha value is -3.15. The Labute approximate surface area is 139 Å². The van der Waals surface area contributed by atoms with Gasteiger partial charge < -0.3 is 10.6 Å². The molecular weight excluding hydrogens is 304 g/mol. The summed E-state index contributed by atoms with van der Waals surface area (Å²) in [6.45, 7) is 0.311. The first kappa shape index (κ1) is 15.7. The highest BCUT2D eigenvalue weighted by Gasteiger charge is 2.06. The van der Waals surface area contributed by atoms with Crippen molar-refractivity contribution in [3.8, 4) is 0 Å². The summed E-state index contributed by atoms with van der Waals surface area (Å²) in [5.41, 5.74) is 2.58. The molecule has 0 atom stereocenters. The maximum absolute atomic E-state index is 11.9. The van der Waals surface area contributed by atoms with Crippen molar-refractivity contribution in [3.63, 3.8) is 0 Å². The first-order valence-electron chi connectivity index (χ1n) is 7.74. The summed E-state index contributed by atoms with van der Waals surface area (Å²) in [6.07, 6.45) is 2.25. The fraction of sp³-hybridized carbons (Fsp3) is 0.167. The molecule has 3 N–H and O–H groups in total. The molecule has 0 unspecified atom stereocenters. The number of nitrogens with zero attached hydrogens (tertiary/aromatic N) is 1. The average Bonchev–Trinajstić information content (AvgIpc) is 3.03. The van der Waals surface area contributed by atoms with Gasteiger partial charge in [0.15, 0.2) is 0 Å². The van der Waals surface area contributed by atoms with Crippen molar-refractivity contribution in [2.75, 3.05) is 11.9 Å². The van der Waals surface area contributed by atoms with Gasteiger partial charge in [0.05, 0.1) is 18.1 Å². The third kappa shape index (κ3) is 4.19. The van der Waals surface area contributed by atoms with E-state index < -0.39 is 0 Å². The van der Waals surface area contributed by atoms with Crippen LogP contribution in [0.1, 0.15) is 12.0 Å². The largest absolute Gasteiger partial charge is 0.355 e. The number of carbonyl (C=O) groups is 2. The minimum Gasteiger partial charge on any atom is -0.355 e. The van der Waals surface area contributed by atoms with Crippen molar-refractivity contribution < 1.29 is 9.59 Å². The van der Waals surface area contributed by atoms with Crippen molar-refractivity contribution in [3.05, 3.63) is 60.3 Å². The van der Waals surface area contributed by atoms with Crippen LogP contribution in [0.15, 0.2) is 54.7 Å². The molecule has 2 aromatic carbocycles. The number of H-pyrrole nitrogens is 1. The van der Waals surface area contributed by atoms with E-state index in [1.54, 1.807) is 6.20 Å². The van der Waals surface area contributed by atoms with Crippen LogP contribution in [0.4, 0.5) is 5.69 Å². The molecule has 0 saturated carbocycles. The van der Waals surface area contributed by atoms with Gasteiger partial charge in [-0.25, -0.2) is 0 Å². The van der Waals surface area contributed by atoms with E-state index in [0.717, 1.165) is 16.5 Å². The summed E-state index contributed by atoms with van der Waals surface area (Å²) in [6, 6.07) is 15.0. The number of benzene rings is 2. The molecule has 6 heteroatoms. The van der Waals surface area contributed by atoms with Crippen LogP contribution >= 0.6 is 0 Å². The molecule has 0 spiro atoms. The van der Waals surface area contributed by atoms with Gasteiger partial charge in [-0.05, 0) is 23.8 Å². The maximum atomic E-state index is 11.9. The van der Waals surface area contributed by atoms with Crippen LogP contribution in [-0.4, -0.2) is 28.6 Å². The molecule has 3 aromatic rings. The normalized spacial score (nSPS) is 10.5. The number of carbonyl (C=O) groups excluding carboxylic acids is 2. The Balaban J connectivity index is 1.43. The number of nitrogens with one attached hydrogen (secondary N) is 3. The van der Waals surface area contributed by atoms with Crippen molar-refractivity contribution in [1.29, 1.82) is 0 Å². The number of aromatic amines is 1. The Morgan fingerprint density at radius 1 is 1.04 bits per heavy atom. The standard InChI is InChI=1S/C18H18N4O2/c23-17(21-15-6-7-16-14(11-15)12-20-22-16)8-9-19-18(24)10-13-4-2-1-3-5-13/h1-7,11-12H,8-10H2,(H,19,24)(H,20,22)(H,21,23). The molecule has 0 saturated heterocycles. The number of hydrogen-bond donors (Lipinski definition) is 3. The van der Waals surface area contributed by atoms with E-state index in [-0.39, 0.29) is 18.2 Å². The van der Waals surface area contributed by atoms with E-state index in [2.05, 4.69) is 20.8 Å². The Bertz CT molecular complexity index is 842. The fourth-order valence-corrected chi connectivity index (χ4v) is 2.40. The van der Waals surface area contributed by atoms with Crippen molar-refractivity contribution in [2.45, 2.75) is 12.8 Å². The molecule has 24 heavy (non-hydrogen) atoms. The van der Waals surface area contributed by atoms with Crippen LogP contribution in [0.2, 0.25) is 0 Å². The van der Waals surface area contributed by atoms with E-state index in [4.69, 9.17) is 0 Å². The van der Waals surface area contributed by atoms with E-state index in [0.29, 0.717) is 18.7 Å². The van der Waals surface area contributed by atoms with Crippen LogP contribution in [0.5, 0.6) is 0 Å². The topological polar surface area (TPSA) is 86.9 Å². The maximum Gasteiger partial charge on any atom is 0.226 e. The monoisotopic (exact) mass is 322 g/mol. The second-order valence-corrected chi connectivity index (χ2v) is 5.48. The zero-order chi connectivity index (χ0) is 16.8. The molecule has 122 valence electrons. The van der Waals surface area contributed by atoms with Crippen LogP contribution in [0, 0.1) is 0 Å². The molecule has 6 nitrogen and oxygen atoms in total. The average molecular weight is 322 g/mol. The SMILES string of the molecule is O=C(Cc1ccccc1)NCCC(=O)Nc1ccc2[nH]ncc2c1. The molecule has 0 fully saturated rings. The Morgan fingerprint density at radius 3 is 2.71 bits per heavy atom. The molecule has 0 aliphatic carbocycles. The summed E-state index contributed by atoms with van der Waals surface area (Å²) in [5.74, 6) is -0.230. The zero-order valence-electron chi connectivity index (χ0n) is 13.1. The van der Waals surface area contributed by atoms with Gasteiger partial charge in [0.25, 0.3) is 0 Å². The summed E-state index contributed by atoms with van der Waals surface area (Å²) in [4.78, 5) is 23.8. The van der Waals surface area contributed by atoms with Gasteiger partial charge in [0, 0.05) is 24.0 Å². The first-order valence-corrected chi connectivity index (χ1v) is 7.74. The molecule has 2 amide bonds. The number of anilines is 1. The van der Waals surface area contributed by atoms with Gasteiger partial charge in [0.1, 0.15) is 0 Å². The smallest absolute Gasteiger partial charge is 0.226 e. The fourth-order valence-electron chi connectivity index (χ4n) is 2.40. The lowest BCUT2D eigenvalue weighted by molar-refractivity contribution is -0.120. The number of fused-ring (bicyclic) bond motifs is 1. The highest BCUT2D eigenvalue weighted by molar-refractivity contribution is 5.93. The van der Waals surface area contributed by atoms with E-state index in [1.807, 2.05) is 48.5 Å².